The fraction of sp³-hybridized carbons (Fsp3) is 0.867. The van der Waals surface area contributed by atoms with Gasteiger partial charge in [0.1, 0.15) is 18.3 Å². The highest BCUT2D eigenvalue weighted by Gasteiger charge is 2.68. The molecule has 0 aliphatic carbocycles. The molecule has 0 aromatic heterocycles. The highest BCUT2D eigenvalue weighted by molar-refractivity contribution is 5.26. The Morgan fingerprint density at radius 1 is 0.742 bits per heavy atom. The molecule has 0 aromatic carbocycles. The SMILES string of the molecule is FC(F)(F)C(=C(OC(COCC1CO1)COCC1CO1)C(F)(F)C(F)(F)F)C(F)(F)F. The van der Waals surface area contributed by atoms with Gasteiger partial charge in [0.05, 0.1) is 39.6 Å². The van der Waals surface area contributed by atoms with Gasteiger partial charge in [-0.25, -0.2) is 0 Å². The van der Waals surface area contributed by atoms with Crippen LogP contribution in [-0.4, -0.2) is 82.4 Å². The number of halogens is 11. The molecule has 2 atom stereocenters. The van der Waals surface area contributed by atoms with Crippen LogP contribution >= 0.6 is 0 Å². The largest absolute Gasteiger partial charge is 0.483 e. The van der Waals surface area contributed by atoms with Crippen molar-refractivity contribution in [1.82, 2.24) is 0 Å². The maximum Gasteiger partial charge on any atom is 0.461 e. The van der Waals surface area contributed by atoms with Crippen LogP contribution in [0.3, 0.4) is 0 Å². The van der Waals surface area contributed by atoms with E-state index in [4.69, 9.17) is 18.9 Å². The molecule has 2 saturated heterocycles. The number of alkyl halides is 11. The van der Waals surface area contributed by atoms with E-state index in [0.29, 0.717) is 0 Å². The van der Waals surface area contributed by atoms with Crippen molar-refractivity contribution < 1.29 is 72.0 Å². The molecule has 0 amide bonds. The number of ether oxygens (including phenoxy) is 5. The highest BCUT2D eigenvalue weighted by Crippen LogP contribution is 2.50. The van der Waals surface area contributed by atoms with Gasteiger partial charge in [-0.05, 0) is 0 Å². The summed E-state index contributed by atoms with van der Waals surface area (Å²) >= 11 is 0. The molecule has 0 spiro atoms. The Morgan fingerprint density at radius 3 is 1.42 bits per heavy atom. The van der Waals surface area contributed by atoms with Gasteiger partial charge in [0, 0.05) is 0 Å². The van der Waals surface area contributed by atoms with Crippen molar-refractivity contribution in [2.75, 3.05) is 39.6 Å². The van der Waals surface area contributed by atoms with Crippen molar-refractivity contribution in [1.29, 1.82) is 0 Å². The highest BCUT2D eigenvalue weighted by atomic mass is 19.4. The summed E-state index contributed by atoms with van der Waals surface area (Å²) in [6.45, 7) is -1.94. The number of epoxide rings is 2. The van der Waals surface area contributed by atoms with E-state index in [9.17, 15) is 48.3 Å². The Kier molecular flexibility index (Phi) is 7.70. The Balaban J connectivity index is 2.35. The molecule has 2 heterocycles. The maximum atomic E-state index is 13.8. The van der Waals surface area contributed by atoms with Crippen LogP contribution in [0.1, 0.15) is 0 Å². The molecule has 16 heteroatoms. The van der Waals surface area contributed by atoms with E-state index in [1.807, 2.05) is 0 Å². The minimum Gasteiger partial charge on any atom is -0.483 e. The first-order valence-electron chi connectivity index (χ1n) is 8.42. The van der Waals surface area contributed by atoms with E-state index in [-0.39, 0.29) is 26.4 Å². The van der Waals surface area contributed by atoms with Gasteiger partial charge < -0.3 is 23.7 Å². The van der Waals surface area contributed by atoms with E-state index < -0.39 is 67.3 Å². The third kappa shape index (κ3) is 7.61. The summed E-state index contributed by atoms with van der Waals surface area (Å²) in [7, 11) is 0. The Labute approximate surface area is 167 Å². The Bertz CT molecular complexity index is 599. The van der Waals surface area contributed by atoms with Gasteiger partial charge in [-0.15, -0.1) is 0 Å². The van der Waals surface area contributed by atoms with Crippen LogP contribution in [0.15, 0.2) is 11.3 Å². The Hall–Kier alpha value is -1.39. The van der Waals surface area contributed by atoms with Crippen molar-refractivity contribution in [3.63, 3.8) is 0 Å². The molecule has 0 saturated carbocycles. The summed E-state index contributed by atoms with van der Waals surface area (Å²) in [5.74, 6) is -10.3. The average Bonchev–Trinajstić information content (AvgIpc) is 3.45. The van der Waals surface area contributed by atoms with Gasteiger partial charge in [0.15, 0.2) is 11.3 Å². The molecular formula is C15H15F11O5. The molecule has 2 aliphatic rings. The Morgan fingerprint density at radius 2 is 1.13 bits per heavy atom. The lowest BCUT2D eigenvalue weighted by atomic mass is 10.1. The lowest BCUT2D eigenvalue weighted by Gasteiger charge is -2.30. The molecule has 31 heavy (non-hydrogen) atoms. The third-order valence-electron chi connectivity index (χ3n) is 3.74. The number of allylic oxidation sites excluding steroid dienone is 2. The summed E-state index contributed by atoms with van der Waals surface area (Å²) in [5.41, 5.74) is -4.12. The summed E-state index contributed by atoms with van der Waals surface area (Å²) < 4.78 is 166. The van der Waals surface area contributed by atoms with E-state index in [2.05, 4.69) is 4.74 Å². The predicted octanol–water partition coefficient (Wildman–Crippen LogP) is 3.78. The van der Waals surface area contributed by atoms with E-state index >= 15 is 0 Å². The van der Waals surface area contributed by atoms with Crippen LogP contribution in [-0.2, 0) is 23.7 Å². The number of rotatable bonds is 11. The number of hydrogen-bond acceptors (Lipinski definition) is 5. The van der Waals surface area contributed by atoms with Crippen molar-refractivity contribution in [3.05, 3.63) is 11.3 Å². The van der Waals surface area contributed by atoms with Crippen molar-refractivity contribution in [2.45, 2.75) is 42.8 Å². The summed E-state index contributed by atoms with van der Waals surface area (Å²) in [4.78, 5) is 0. The van der Waals surface area contributed by atoms with Gasteiger partial charge in [-0.2, -0.15) is 48.3 Å². The minimum absolute atomic E-state index is 0.227. The zero-order valence-corrected chi connectivity index (χ0v) is 15.2. The first kappa shape index (κ1) is 25.9. The molecule has 182 valence electrons. The third-order valence-corrected chi connectivity index (χ3v) is 3.74. The van der Waals surface area contributed by atoms with Gasteiger partial charge in [0.25, 0.3) is 0 Å². The molecule has 2 fully saturated rings. The fourth-order valence-corrected chi connectivity index (χ4v) is 2.11. The van der Waals surface area contributed by atoms with Crippen molar-refractivity contribution in [3.8, 4) is 0 Å². The molecule has 0 bridgehead atoms. The molecule has 0 aromatic rings. The van der Waals surface area contributed by atoms with Crippen LogP contribution in [0, 0.1) is 0 Å². The first-order chi connectivity index (χ1) is 14.0. The molecule has 2 aliphatic heterocycles. The molecular weight excluding hydrogens is 469 g/mol. The van der Waals surface area contributed by atoms with Gasteiger partial charge in [-0.1, -0.05) is 0 Å². The molecule has 5 nitrogen and oxygen atoms in total. The van der Waals surface area contributed by atoms with Crippen LogP contribution in [0.2, 0.25) is 0 Å². The number of hydrogen-bond donors (Lipinski definition) is 0. The first-order valence-corrected chi connectivity index (χ1v) is 8.42. The quantitative estimate of drug-likeness (QED) is 0.254. The molecule has 2 unspecified atom stereocenters. The average molecular weight is 484 g/mol. The predicted molar refractivity (Wildman–Crippen MR) is 76.1 cm³/mol. The molecule has 0 radical (unpaired) electrons. The van der Waals surface area contributed by atoms with Gasteiger partial charge >= 0.3 is 24.5 Å². The lowest BCUT2D eigenvalue weighted by molar-refractivity contribution is -0.285. The van der Waals surface area contributed by atoms with E-state index in [1.54, 1.807) is 0 Å². The topological polar surface area (TPSA) is 52.8 Å². The zero-order valence-electron chi connectivity index (χ0n) is 15.2. The second-order valence-electron chi connectivity index (χ2n) is 6.50. The van der Waals surface area contributed by atoms with Gasteiger partial charge in [-0.3, -0.25) is 0 Å². The van der Waals surface area contributed by atoms with Crippen LogP contribution in [0.4, 0.5) is 48.3 Å². The van der Waals surface area contributed by atoms with Crippen molar-refractivity contribution >= 4 is 0 Å². The normalized spacial score (nSPS) is 22.8. The standard InChI is InChI=1S/C15H15F11O5/c16-12(17,15(24,25)26)11(10(13(18,19)20)14(21,22)23)31-9(3-27-1-7-5-29-7)4-28-2-8-6-30-8/h7-9H,1-6H2. The maximum absolute atomic E-state index is 13.8. The van der Waals surface area contributed by atoms with Crippen LogP contribution < -0.4 is 0 Å². The molecule has 2 rings (SSSR count). The van der Waals surface area contributed by atoms with Crippen LogP contribution in [0.25, 0.3) is 0 Å². The van der Waals surface area contributed by atoms with Crippen molar-refractivity contribution in [2.24, 2.45) is 0 Å². The van der Waals surface area contributed by atoms with Crippen LogP contribution in [0.5, 0.6) is 0 Å². The van der Waals surface area contributed by atoms with E-state index in [1.165, 1.54) is 0 Å². The summed E-state index contributed by atoms with van der Waals surface area (Å²) in [6.07, 6.45) is -23.2. The van der Waals surface area contributed by atoms with Gasteiger partial charge in [0.2, 0.25) is 0 Å². The fourth-order valence-electron chi connectivity index (χ4n) is 2.11. The van der Waals surface area contributed by atoms with E-state index in [0.717, 1.165) is 0 Å². The minimum atomic E-state index is -6.82. The zero-order chi connectivity index (χ0) is 23.7. The molecule has 0 N–H and O–H groups in total. The lowest BCUT2D eigenvalue weighted by Crippen LogP contribution is -2.45. The monoisotopic (exact) mass is 484 g/mol. The summed E-state index contributed by atoms with van der Waals surface area (Å²) in [5, 5.41) is 0. The smallest absolute Gasteiger partial charge is 0.461 e. The second-order valence-corrected chi connectivity index (χ2v) is 6.50. The second kappa shape index (κ2) is 9.23. The summed E-state index contributed by atoms with van der Waals surface area (Å²) in [6, 6.07) is 0.